The highest BCUT2D eigenvalue weighted by molar-refractivity contribution is 5.78. The number of rotatable bonds is 3. The molecule has 3 nitrogen and oxygen atoms in total. The van der Waals surface area contributed by atoms with Crippen LogP contribution in [0.2, 0.25) is 0 Å². The van der Waals surface area contributed by atoms with E-state index in [-0.39, 0.29) is 12.3 Å². The van der Waals surface area contributed by atoms with Gasteiger partial charge in [0.2, 0.25) is 5.91 Å². The average molecular weight is 236 g/mol. The van der Waals surface area contributed by atoms with E-state index in [0.717, 1.165) is 19.5 Å². The molecule has 17 heavy (non-hydrogen) atoms. The van der Waals surface area contributed by atoms with Crippen LogP contribution in [0, 0.1) is 35.0 Å². The van der Waals surface area contributed by atoms with Gasteiger partial charge in [0.05, 0.1) is 6.07 Å². The van der Waals surface area contributed by atoms with Crippen molar-refractivity contribution in [3.05, 3.63) is 0 Å². The van der Waals surface area contributed by atoms with Gasteiger partial charge in [-0.3, -0.25) is 4.79 Å². The highest BCUT2D eigenvalue weighted by Crippen LogP contribution is 2.33. The zero-order valence-corrected chi connectivity index (χ0v) is 11.4. The van der Waals surface area contributed by atoms with E-state index in [1.807, 2.05) is 11.0 Å². The molecule has 0 aliphatic carbocycles. The van der Waals surface area contributed by atoms with Gasteiger partial charge in [0.15, 0.2) is 0 Å². The Labute approximate surface area is 105 Å². The first-order valence-corrected chi connectivity index (χ1v) is 6.62. The van der Waals surface area contributed by atoms with E-state index in [9.17, 15) is 4.79 Å². The smallest absolute Gasteiger partial charge is 0.236 e. The maximum absolute atomic E-state index is 11.7. The maximum atomic E-state index is 11.7. The molecule has 3 atom stereocenters. The van der Waals surface area contributed by atoms with Crippen molar-refractivity contribution >= 4 is 5.91 Å². The van der Waals surface area contributed by atoms with Crippen LogP contribution in [0.5, 0.6) is 0 Å². The number of amides is 1. The Morgan fingerprint density at radius 1 is 1.47 bits per heavy atom. The SMILES string of the molecule is CC(C)C(C)C1CN(C(=O)CC#N)CCC1C. The zero-order chi connectivity index (χ0) is 13.0. The minimum absolute atomic E-state index is 0.000330. The fourth-order valence-electron chi connectivity index (χ4n) is 2.68. The van der Waals surface area contributed by atoms with Gasteiger partial charge in [-0.2, -0.15) is 5.26 Å². The molecule has 1 saturated heterocycles. The molecule has 1 amide bonds. The Kier molecular flexibility index (Phi) is 4.99. The van der Waals surface area contributed by atoms with E-state index < -0.39 is 0 Å². The maximum Gasteiger partial charge on any atom is 0.236 e. The van der Waals surface area contributed by atoms with Crippen molar-refractivity contribution in [2.24, 2.45) is 23.7 Å². The predicted octanol–water partition coefficient (Wildman–Crippen LogP) is 2.68. The van der Waals surface area contributed by atoms with Crippen molar-refractivity contribution in [2.75, 3.05) is 13.1 Å². The van der Waals surface area contributed by atoms with Crippen LogP contribution in [0.15, 0.2) is 0 Å². The summed E-state index contributed by atoms with van der Waals surface area (Å²) in [4.78, 5) is 13.6. The Hall–Kier alpha value is -1.04. The van der Waals surface area contributed by atoms with Crippen molar-refractivity contribution in [1.82, 2.24) is 4.90 Å². The lowest BCUT2D eigenvalue weighted by molar-refractivity contribution is -0.133. The summed E-state index contributed by atoms with van der Waals surface area (Å²) in [6.45, 7) is 10.7. The third kappa shape index (κ3) is 3.46. The van der Waals surface area contributed by atoms with Crippen LogP contribution in [0.3, 0.4) is 0 Å². The van der Waals surface area contributed by atoms with E-state index in [0.29, 0.717) is 23.7 Å². The number of nitriles is 1. The highest BCUT2D eigenvalue weighted by Gasteiger charge is 2.33. The van der Waals surface area contributed by atoms with E-state index in [1.54, 1.807) is 0 Å². The molecule has 0 spiro atoms. The van der Waals surface area contributed by atoms with E-state index in [1.165, 1.54) is 0 Å². The molecule has 0 bridgehead atoms. The van der Waals surface area contributed by atoms with Crippen LogP contribution >= 0.6 is 0 Å². The summed E-state index contributed by atoms with van der Waals surface area (Å²) in [5.74, 6) is 2.53. The quantitative estimate of drug-likeness (QED) is 0.756. The van der Waals surface area contributed by atoms with E-state index in [2.05, 4.69) is 27.7 Å². The lowest BCUT2D eigenvalue weighted by atomic mass is 9.74. The number of nitrogens with zero attached hydrogens (tertiary/aromatic N) is 2. The summed E-state index contributed by atoms with van der Waals surface area (Å²) in [6, 6.07) is 1.95. The Morgan fingerprint density at radius 2 is 2.12 bits per heavy atom. The number of likely N-dealkylation sites (tertiary alicyclic amines) is 1. The Bertz CT molecular complexity index is 306. The average Bonchev–Trinajstić information content (AvgIpc) is 2.28. The van der Waals surface area contributed by atoms with Gasteiger partial charge in [-0.15, -0.1) is 0 Å². The molecule has 96 valence electrons. The van der Waals surface area contributed by atoms with E-state index in [4.69, 9.17) is 5.26 Å². The van der Waals surface area contributed by atoms with Crippen LogP contribution in [-0.2, 0) is 4.79 Å². The van der Waals surface area contributed by atoms with Crippen LogP contribution in [0.4, 0.5) is 0 Å². The van der Waals surface area contributed by atoms with Gasteiger partial charge >= 0.3 is 0 Å². The number of piperidine rings is 1. The molecule has 0 aromatic heterocycles. The largest absolute Gasteiger partial charge is 0.342 e. The zero-order valence-electron chi connectivity index (χ0n) is 11.4. The lowest BCUT2D eigenvalue weighted by Crippen LogP contribution is -2.45. The van der Waals surface area contributed by atoms with Crippen molar-refractivity contribution in [3.63, 3.8) is 0 Å². The molecule has 0 N–H and O–H groups in total. The van der Waals surface area contributed by atoms with Crippen LogP contribution in [0.1, 0.15) is 40.5 Å². The molecular formula is C14H24N2O. The molecule has 0 aromatic carbocycles. The Balaban J connectivity index is 2.66. The summed E-state index contributed by atoms with van der Waals surface area (Å²) in [5, 5.41) is 8.59. The first-order valence-electron chi connectivity index (χ1n) is 6.62. The summed E-state index contributed by atoms with van der Waals surface area (Å²) in [7, 11) is 0. The van der Waals surface area contributed by atoms with Crippen LogP contribution < -0.4 is 0 Å². The summed E-state index contributed by atoms with van der Waals surface area (Å²) in [6.07, 6.45) is 1.09. The van der Waals surface area contributed by atoms with E-state index >= 15 is 0 Å². The highest BCUT2D eigenvalue weighted by atomic mass is 16.2. The van der Waals surface area contributed by atoms with Gasteiger partial charge in [0, 0.05) is 13.1 Å². The molecule has 1 aliphatic heterocycles. The fraction of sp³-hybridized carbons (Fsp3) is 0.857. The number of carbonyl (C=O) groups is 1. The molecule has 1 aliphatic rings. The molecular weight excluding hydrogens is 212 g/mol. The monoisotopic (exact) mass is 236 g/mol. The molecule has 1 fully saturated rings. The fourth-order valence-corrected chi connectivity index (χ4v) is 2.68. The van der Waals surface area contributed by atoms with Gasteiger partial charge in [-0.05, 0) is 30.1 Å². The number of hydrogen-bond donors (Lipinski definition) is 0. The standard InChI is InChI=1S/C14H24N2O/c1-10(2)12(4)13-9-16(8-6-11(13)3)14(17)5-7-15/h10-13H,5-6,8-9H2,1-4H3. The van der Waals surface area contributed by atoms with Crippen molar-refractivity contribution in [3.8, 4) is 6.07 Å². The van der Waals surface area contributed by atoms with Gasteiger partial charge < -0.3 is 4.90 Å². The van der Waals surface area contributed by atoms with Crippen molar-refractivity contribution in [1.29, 1.82) is 5.26 Å². The topological polar surface area (TPSA) is 44.1 Å². The third-order valence-corrected chi connectivity index (χ3v) is 4.33. The second-order valence-electron chi connectivity index (χ2n) is 5.71. The molecule has 3 unspecified atom stereocenters. The molecule has 1 heterocycles. The molecule has 1 rings (SSSR count). The molecule has 0 radical (unpaired) electrons. The first-order chi connectivity index (χ1) is 7.97. The second-order valence-corrected chi connectivity index (χ2v) is 5.71. The van der Waals surface area contributed by atoms with Gasteiger partial charge in [-0.25, -0.2) is 0 Å². The number of carbonyl (C=O) groups excluding carboxylic acids is 1. The van der Waals surface area contributed by atoms with Gasteiger partial charge in [0.25, 0.3) is 0 Å². The van der Waals surface area contributed by atoms with Crippen LogP contribution in [-0.4, -0.2) is 23.9 Å². The minimum Gasteiger partial charge on any atom is -0.342 e. The summed E-state index contributed by atoms with van der Waals surface area (Å²) < 4.78 is 0. The van der Waals surface area contributed by atoms with Gasteiger partial charge in [-0.1, -0.05) is 27.7 Å². The van der Waals surface area contributed by atoms with Crippen LogP contribution in [0.25, 0.3) is 0 Å². The molecule has 0 aromatic rings. The van der Waals surface area contributed by atoms with Crippen molar-refractivity contribution < 1.29 is 4.79 Å². The number of hydrogen-bond acceptors (Lipinski definition) is 2. The summed E-state index contributed by atoms with van der Waals surface area (Å²) in [5.41, 5.74) is 0. The normalized spacial score (nSPS) is 26.7. The Morgan fingerprint density at radius 3 is 2.65 bits per heavy atom. The lowest BCUT2D eigenvalue weighted by Gasteiger charge is -2.41. The second kappa shape index (κ2) is 6.05. The third-order valence-electron chi connectivity index (χ3n) is 4.33. The summed E-state index contributed by atoms with van der Waals surface area (Å²) >= 11 is 0. The van der Waals surface area contributed by atoms with Gasteiger partial charge in [0.1, 0.15) is 6.42 Å². The predicted molar refractivity (Wildman–Crippen MR) is 68.1 cm³/mol. The van der Waals surface area contributed by atoms with Crippen molar-refractivity contribution in [2.45, 2.75) is 40.5 Å². The first kappa shape index (κ1) is 14.0. The molecule has 0 saturated carbocycles. The minimum atomic E-state index is 0.000330. The molecule has 3 heteroatoms.